The lowest BCUT2D eigenvalue weighted by Crippen LogP contribution is -2.47. The number of halogens is 5. The number of aryl methyl sites for hydroxylation is 1. The Kier molecular flexibility index (Phi) is 9.54. The van der Waals surface area contributed by atoms with Gasteiger partial charge in [-0.3, -0.25) is 14.5 Å². The van der Waals surface area contributed by atoms with Gasteiger partial charge in [0.05, 0.1) is 16.9 Å². The third kappa shape index (κ3) is 6.43. The number of nitrogens with zero attached hydrogens (tertiary/aromatic N) is 5. The number of alkyl halides is 3. The lowest BCUT2D eigenvalue weighted by atomic mass is 10.1. The second-order valence-electron chi connectivity index (χ2n) is 10.0. The molecule has 0 amide bonds. The second kappa shape index (κ2) is 12.8. The summed E-state index contributed by atoms with van der Waals surface area (Å²) in [7, 11) is 0. The third-order valence-corrected chi connectivity index (χ3v) is 7.37. The number of anilines is 1. The second-order valence-corrected chi connectivity index (χ2v) is 10.0. The molecule has 4 aromatic rings. The van der Waals surface area contributed by atoms with Crippen LogP contribution in [0.5, 0.6) is 5.75 Å². The van der Waals surface area contributed by atoms with Gasteiger partial charge in [-0.1, -0.05) is 18.2 Å². The number of pyridine rings is 1. The standard InChI is InChI=1S/C29H28F3N5O3.2ClH/c1-19-8-9-21-22(34-19)5-3-6-23(21)36-14-12-35(13-15-36)11-10-20-4-2-7-24-27(20)39-16-25-26(33-18-37(24)25)28(38)40-17-29(30,31)32;;/h2-9,18H,10-17H2,1H3;2*1H. The van der Waals surface area contributed by atoms with Gasteiger partial charge >= 0.3 is 12.1 Å². The number of carbonyl (C=O) groups excluding carboxylic acids is 1. The summed E-state index contributed by atoms with van der Waals surface area (Å²) in [5.41, 5.74) is 5.16. The van der Waals surface area contributed by atoms with Gasteiger partial charge in [-0.05, 0) is 49.2 Å². The molecule has 0 N–H and O–H groups in total. The van der Waals surface area contributed by atoms with E-state index >= 15 is 0 Å². The minimum Gasteiger partial charge on any atom is -0.485 e. The average Bonchev–Trinajstić information content (AvgIpc) is 3.39. The lowest BCUT2D eigenvalue weighted by Gasteiger charge is -2.36. The van der Waals surface area contributed by atoms with E-state index in [1.165, 1.54) is 17.4 Å². The number of esters is 1. The van der Waals surface area contributed by atoms with Crippen LogP contribution in [0.4, 0.5) is 18.9 Å². The average molecular weight is 624 g/mol. The fourth-order valence-corrected chi connectivity index (χ4v) is 5.38. The van der Waals surface area contributed by atoms with Crippen molar-refractivity contribution in [2.45, 2.75) is 26.1 Å². The molecule has 0 unspecified atom stereocenters. The van der Waals surface area contributed by atoms with Gasteiger partial charge in [-0.25, -0.2) is 9.78 Å². The number of carbonyl (C=O) groups is 1. The minimum atomic E-state index is -4.60. The molecule has 6 rings (SSSR count). The summed E-state index contributed by atoms with van der Waals surface area (Å²) in [5, 5.41) is 1.17. The summed E-state index contributed by atoms with van der Waals surface area (Å²) < 4.78 is 49.5. The minimum absolute atomic E-state index is 0. The van der Waals surface area contributed by atoms with Gasteiger partial charge < -0.3 is 14.4 Å². The van der Waals surface area contributed by atoms with Crippen LogP contribution < -0.4 is 9.64 Å². The molecule has 0 saturated carbocycles. The van der Waals surface area contributed by atoms with Crippen molar-refractivity contribution < 1.29 is 27.4 Å². The Morgan fingerprint density at radius 2 is 1.74 bits per heavy atom. The summed E-state index contributed by atoms with van der Waals surface area (Å²) in [5.74, 6) is -0.428. The first-order valence-corrected chi connectivity index (χ1v) is 13.2. The molecule has 2 aliphatic heterocycles. The smallest absolute Gasteiger partial charge is 0.422 e. The summed E-state index contributed by atoms with van der Waals surface area (Å²) in [4.78, 5) is 25.8. The molecule has 0 aliphatic carbocycles. The van der Waals surface area contributed by atoms with Crippen LogP contribution in [-0.2, 0) is 17.8 Å². The van der Waals surface area contributed by atoms with Crippen molar-refractivity contribution in [3.05, 3.63) is 77.5 Å². The van der Waals surface area contributed by atoms with Gasteiger partial charge in [0, 0.05) is 49.5 Å². The van der Waals surface area contributed by atoms with Crippen molar-refractivity contribution in [2.24, 2.45) is 0 Å². The highest BCUT2D eigenvalue weighted by Gasteiger charge is 2.32. The van der Waals surface area contributed by atoms with Crippen molar-refractivity contribution in [1.29, 1.82) is 0 Å². The first-order chi connectivity index (χ1) is 19.3. The number of benzene rings is 2. The molecule has 2 aliphatic rings. The molecule has 8 nitrogen and oxygen atoms in total. The van der Waals surface area contributed by atoms with E-state index in [0.717, 1.165) is 55.9 Å². The van der Waals surface area contributed by atoms with E-state index in [0.29, 0.717) is 17.1 Å². The Morgan fingerprint density at radius 1 is 1.00 bits per heavy atom. The zero-order valence-corrected chi connectivity index (χ0v) is 24.4. The van der Waals surface area contributed by atoms with Crippen LogP contribution in [0.2, 0.25) is 0 Å². The van der Waals surface area contributed by atoms with Crippen LogP contribution >= 0.6 is 24.8 Å². The fraction of sp³-hybridized carbons (Fsp3) is 0.345. The number of imidazole rings is 1. The molecule has 224 valence electrons. The topological polar surface area (TPSA) is 72.7 Å². The molecule has 0 atom stereocenters. The van der Waals surface area contributed by atoms with E-state index in [1.807, 2.05) is 25.1 Å². The van der Waals surface area contributed by atoms with Crippen LogP contribution in [0.25, 0.3) is 16.6 Å². The van der Waals surface area contributed by atoms with Crippen molar-refractivity contribution in [1.82, 2.24) is 19.4 Å². The number of aromatic nitrogens is 3. The molecule has 1 saturated heterocycles. The van der Waals surface area contributed by atoms with E-state index in [-0.39, 0.29) is 37.1 Å². The summed E-state index contributed by atoms with van der Waals surface area (Å²) in [6.07, 6.45) is -2.41. The lowest BCUT2D eigenvalue weighted by molar-refractivity contribution is -0.161. The highest BCUT2D eigenvalue weighted by Crippen LogP contribution is 2.35. The Bertz CT molecular complexity index is 1570. The van der Waals surface area contributed by atoms with Gasteiger partial charge in [0.2, 0.25) is 0 Å². The summed E-state index contributed by atoms with van der Waals surface area (Å²) in [6.45, 7) is 4.91. The molecule has 2 aromatic carbocycles. The first kappa shape index (κ1) is 31.4. The van der Waals surface area contributed by atoms with E-state index in [9.17, 15) is 18.0 Å². The van der Waals surface area contributed by atoms with Crippen LogP contribution in [0.3, 0.4) is 0 Å². The maximum absolute atomic E-state index is 12.5. The van der Waals surface area contributed by atoms with Crippen LogP contribution in [0.1, 0.15) is 27.4 Å². The Balaban J connectivity index is 0.00000202. The van der Waals surface area contributed by atoms with Gasteiger partial charge in [0.15, 0.2) is 12.3 Å². The number of fused-ring (bicyclic) bond motifs is 4. The first-order valence-electron chi connectivity index (χ1n) is 13.2. The number of ether oxygens (including phenoxy) is 2. The molecule has 0 spiro atoms. The largest absolute Gasteiger partial charge is 0.485 e. The summed E-state index contributed by atoms with van der Waals surface area (Å²) >= 11 is 0. The molecular formula is C29H30Cl2F3N5O3. The highest BCUT2D eigenvalue weighted by molar-refractivity contribution is 5.92. The van der Waals surface area contributed by atoms with Gasteiger partial charge in [-0.15, -0.1) is 24.8 Å². The zero-order valence-electron chi connectivity index (χ0n) is 22.8. The van der Waals surface area contributed by atoms with Crippen molar-refractivity contribution in [2.75, 3.05) is 44.2 Å². The van der Waals surface area contributed by atoms with Gasteiger partial charge in [-0.2, -0.15) is 13.2 Å². The van der Waals surface area contributed by atoms with Crippen LogP contribution in [-0.4, -0.2) is 70.9 Å². The molecule has 1 fully saturated rings. The molecule has 13 heteroatoms. The number of rotatable bonds is 6. The SMILES string of the molecule is Cc1ccc2c(N3CCN(CCc4cccc5c4OCc4c(C(=O)OCC(F)(F)F)ncn4-5)CC3)cccc2n1.Cl.Cl. The van der Waals surface area contributed by atoms with Crippen LogP contribution in [0.15, 0.2) is 54.9 Å². The number of piperazine rings is 1. The molecule has 0 radical (unpaired) electrons. The van der Waals surface area contributed by atoms with E-state index < -0.39 is 18.8 Å². The van der Waals surface area contributed by atoms with E-state index in [2.05, 4.69) is 54.8 Å². The normalized spacial score (nSPS) is 14.7. The Hall–Kier alpha value is -3.54. The Morgan fingerprint density at radius 3 is 2.50 bits per heavy atom. The summed E-state index contributed by atoms with van der Waals surface area (Å²) in [6, 6.07) is 16.2. The number of hydrogen-bond acceptors (Lipinski definition) is 7. The van der Waals surface area contributed by atoms with Crippen LogP contribution in [0, 0.1) is 6.92 Å². The van der Waals surface area contributed by atoms with Crippen molar-refractivity contribution in [3.8, 4) is 11.4 Å². The van der Waals surface area contributed by atoms with E-state index in [1.54, 1.807) is 4.57 Å². The van der Waals surface area contributed by atoms with Gasteiger partial charge in [0.1, 0.15) is 18.7 Å². The molecule has 42 heavy (non-hydrogen) atoms. The predicted molar refractivity (Wildman–Crippen MR) is 158 cm³/mol. The van der Waals surface area contributed by atoms with Crippen molar-refractivity contribution >= 4 is 47.4 Å². The highest BCUT2D eigenvalue weighted by atomic mass is 35.5. The van der Waals surface area contributed by atoms with E-state index in [4.69, 9.17) is 4.74 Å². The fourth-order valence-electron chi connectivity index (χ4n) is 5.38. The molecule has 0 bridgehead atoms. The molecular weight excluding hydrogens is 594 g/mol. The van der Waals surface area contributed by atoms with Crippen molar-refractivity contribution in [3.63, 3.8) is 0 Å². The predicted octanol–water partition coefficient (Wildman–Crippen LogP) is 5.55. The number of hydrogen-bond donors (Lipinski definition) is 0. The number of para-hydroxylation sites is 1. The quantitative estimate of drug-likeness (QED) is 0.261. The third-order valence-electron chi connectivity index (χ3n) is 7.37. The Labute approximate surface area is 253 Å². The molecule has 2 aromatic heterocycles. The van der Waals surface area contributed by atoms with Gasteiger partial charge in [0.25, 0.3) is 0 Å². The maximum Gasteiger partial charge on any atom is 0.422 e. The maximum atomic E-state index is 12.5. The molecule has 4 heterocycles. The zero-order chi connectivity index (χ0) is 27.9. The monoisotopic (exact) mass is 623 g/mol.